The molecule has 0 aromatic rings. The fourth-order valence-electron chi connectivity index (χ4n) is 1.68. The van der Waals surface area contributed by atoms with E-state index in [0.717, 1.165) is 12.3 Å². The average Bonchev–Trinajstić information content (AvgIpc) is 2.08. The fourth-order valence-corrected chi connectivity index (χ4v) is 3.33. The van der Waals surface area contributed by atoms with Crippen LogP contribution in [-0.4, -0.2) is 26.6 Å². The highest BCUT2D eigenvalue weighted by molar-refractivity contribution is 7.89. The summed E-state index contributed by atoms with van der Waals surface area (Å²) in [6.07, 6.45) is 4.81. The van der Waals surface area contributed by atoms with E-state index in [2.05, 4.69) is 4.72 Å². The second-order valence-electron chi connectivity index (χ2n) is 4.52. The molecule has 0 radical (unpaired) electrons. The van der Waals surface area contributed by atoms with Crippen molar-refractivity contribution >= 4 is 21.6 Å². The predicted octanol–water partition coefficient (Wildman–Crippen LogP) is 1.97. The maximum atomic E-state index is 11.5. The molecule has 15 heavy (non-hydrogen) atoms. The molecule has 1 atom stereocenters. The lowest BCUT2D eigenvalue weighted by Gasteiger charge is -2.25. The number of halogens is 1. The van der Waals surface area contributed by atoms with Gasteiger partial charge in [-0.1, -0.05) is 26.2 Å². The third-order valence-electron chi connectivity index (χ3n) is 2.87. The molecule has 1 saturated carbocycles. The molecule has 1 rings (SSSR count). The maximum absolute atomic E-state index is 11.5. The van der Waals surface area contributed by atoms with Gasteiger partial charge in [0.25, 0.3) is 0 Å². The van der Waals surface area contributed by atoms with Gasteiger partial charge in [-0.3, -0.25) is 0 Å². The Morgan fingerprint density at radius 1 is 1.47 bits per heavy atom. The average molecular weight is 254 g/mol. The summed E-state index contributed by atoms with van der Waals surface area (Å²) in [4.78, 5) is 0. The minimum atomic E-state index is -3.11. The van der Waals surface area contributed by atoms with Crippen LogP contribution in [0, 0.1) is 11.8 Å². The molecule has 0 aromatic heterocycles. The Balaban J connectivity index is 2.17. The third kappa shape index (κ3) is 5.18. The summed E-state index contributed by atoms with van der Waals surface area (Å²) in [6, 6.07) is 0. The molecule has 0 aromatic carbocycles. The minimum absolute atomic E-state index is 0.0212. The highest BCUT2D eigenvalue weighted by Crippen LogP contribution is 2.28. The molecule has 1 N–H and O–H groups in total. The van der Waals surface area contributed by atoms with E-state index in [0.29, 0.717) is 12.4 Å². The van der Waals surface area contributed by atoms with Gasteiger partial charge < -0.3 is 0 Å². The maximum Gasteiger partial charge on any atom is 0.211 e. The van der Waals surface area contributed by atoms with Gasteiger partial charge in [-0.25, -0.2) is 13.1 Å². The van der Waals surface area contributed by atoms with Crippen molar-refractivity contribution in [2.75, 3.05) is 18.2 Å². The van der Waals surface area contributed by atoms with Crippen molar-refractivity contribution in [1.82, 2.24) is 4.72 Å². The zero-order valence-corrected chi connectivity index (χ0v) is 10.8. The minimum Gasteiger partial charge on any atom is -0.215 e. The number of nitrogens with one attached hydrogen (secondary N) is 1. The van der Waals surface area contributed by atoms with Crippen LogP contribution in [0.2, 0.25) is 0 Å². The zero-order valence-electron chi connectivity index (χ0n) is 9.21. The highest BCUT2D eigenvalue weighted by Gasteiger charge is 2.19. The van der Waals surface area contributed by atoms with Crippen LogP contribution in [-0.2, 0) is 10.0 Å². The predicted molar refractivity (Wildman–Crippen MR) is 63.6 cm³/mol. The quantitative estimate of drug-likeness (QED) is 0.706. The summed E-state index contributed by atoms with van der Waals surface area (Å²) < 4.78 is 25.7. The molecule has 0 saturated heterocycles. The van der Waals surface area contributed by atoms with Gasteiger partial charge >= 0.3 is 0 Å². The fraction of sp³-hybridized carbons (Fsp3) is 1.00. The Morgan fingerprint density at radius 3 is 2.60 bits per heavy atom. The van der Waals surface area contributed by atoms with Crippen LogP contribution in [0.4, 0.5) is 0 Å². The molecule has 1 unspecified atom stereocenters. The second kappa shape index (κ2) is 6.06. The van der Waals surface area contributed by atoms with Gasteiger partial charge in [0.05, 0.1) is 5.75 Å². The number of hydrogen-bond acceptors (Lipinski definition) is 2. The molecule has 0 aliphatic heterocycles. The van der Waals surface area contributed by atoms with Crippen molar-refractivity contribution in [3.05, 3.63) is 0 Å². The van der Waals surface area contributed by atoms with E-state index in [9.17, 15) is 8.42 Å². The largest absolute Gasteiger partial charge is 0.215 e. The highest BCUT2D eigenvalue weighted by atomic mass is 35.5. The van der Waals surface area contributed by atoms with Gasteiger partial charge in [-0.2, -0.15) is 0 Å². The molecule has 90 valence electrons. The summed E-state index contributed by atoms with van der Waals surface area (Å²) in [5.41, 5.74) is 0. The monoisotopic (exact) mass is 253 g/mol. The molecule has 0 heterocycles. The van der Waals surface area contributed by atoms with Crippen LogP contribution >= 0.6 is 11.6 Å². The van der Waals surface area contributed by atoms with Crippen LogP contribution in [0.15, 0.2) is 0 Å². The van der Waals surface area contributed by atoms with Crippen LogP contribution < -0.4 is 4.72 Å². The van der Waals surface area contributed by atoms with Gasteiger partial charge in [0.1, 0.15) is 0 Å². The molecule has 5 heteroatoms. The normalized spacial score (nSPS) is 19.9. The number of rotatable bonds is 7. The molecule has 3 nitrogen and oxygen atoms in total. The molecule has 0 spiro atoms. The van der Waals surface area contributed by atoms with E-state index >= 15 is 0 Å². The second-order valence-corrected chi connectivity index (χ2v) is 6.68. The molecule has 1 fully saturated rings. The Hall–Kier alpha value is 0.200. The first-order valence-corrected chi connectivity index (χ1v) is 7.75. The summed E-state index contributed by atoms with van der Waals surface area (Å²) >= 11 is 5.58. The van der Waals surface area contributed by atoms with Crippen molar-refractivity contribution in [3.8, 4) is 0 Å². The lowest BCUT2D eigenvalue weighted by Crippen LogP contribution is -2.31. The molecule has 1 aliphatic rings. The van der Waals surface area contributed by atoms with Crippen molar-refractivity contribution in [2.45, 2.75) is 32.6 Å². The van der Waals surface area contributed by atoms with E-state index in [-0.39, 0.29) is 11.7 Å². The molecule has 1 aliphatic carbocycles. The molecule has 0 bridgehead atoms. The molecular weight excluding hydrogens is 234 g/mol. The number of alkyl halides is 1. The smallest absolute Gasteiger partial charge is 0.211 e. The zero-order chi connectivity index (χ0) is 11.3. The van der Waals surface area contributed by atoms with Crippen molar-refractivity contribution < 1.29 is 8.42 Å². The first-order chi connectivity index (χ1) is 7.03. The van der Waals surface area contributed by atoms with Gasteiger partial charge in [0, 0.05) is 12.4 Å². The van der Waals surface area contributed by atoms with Crippen LogP contribution in [0.25, 0.3) is 0 Å². The van der Waals surface area contributed by atoms with Crippen LogP contribution in [0.1, 0.15) is 32.6 Å². The van der Waals surface area contributed by atoms with Crippen molar-refractivity contribution in [3.63, 3.8) is 0 Å². The van der Waals surface area contributed by atoms with Crippen molar-refractivity contribution in [2.24, 2.45) is 11.8 Å². The SMILES string of the molecule is CC(CCl)CS(=O)(=O)NCCC1CCC1. The first kappa shape index (κ1) is 13.3. The van der Waals surface area contributed by atoms with Gasteiger partial charge in [0.2, 0.25) is 10.0 Å². The molecule has 0 amide bonds. The summed E-state index contributed by atoms with van der Waals surface area (Å²) in [6.45, 7) is 2.43. The summed E-state index contributed by atoms with van der Waals surface area (Å²) in [7, 11) is -3.11. The Bertz CT molecular complexity index is 275. The van der Waals surface area contributed by atoms with E-state index in [1.165, 1.54) is 19.3 Å². The summed E-state index contributed by atoms with van der Waals surface area (Å²) in [5.74, 6) is 1.30. The first-order valence-electron chi connectivity index (χ1n) is 5.57. The number of sulfonamides is 1. The van der Waals surface area contributed by atoms with E-state index in [1.54, 1.807) is 0 Å². The lowest BCUT2D eigenvalue weighted by molar-refractivity contribution is 0.297. The van der Waals surface area contributed by atoms with Crippen LogP contribution in [0.5, 0.6) is 0 Å². The van der Waals surface area contributed by atoms with Gasteiger partial charge in [-0.15, -0.1) is 11.6 Å². The summed E-state index contributed by atoms with van der Waals surface area (Å²) in [5, 5.41) is 0. The standard InChI is InChI=1S/C10H20ClNO2S/c1-9(7-11)8-15(13,14)12-6-5-10-3-2-4-10/h9-10,12H,2-8H2,1H3. The lowest BCUT2D eigenvalue weighted by atomic mass is 9.83. The van der Waals surface area contributed by atoms with E-state index in [4.69, 9.17) is 11.6 Å². The van der Waals surface area contributed by atoms with Crippen molar-refractivity contribution in [1.29, 1.82) is 0 Å². The molecular formula is C10H20ClNO2S. The topological polar surface area (TPSA) is 46.2 Å². The Labute approximate surface area is 97.6 Å². The Morgan fingerprint density at radius 2 is 2.13 bits per heavy atom. The number of hydrogen-bond donors (Lipinski definition) is 1. The van der Waals surface area contributed by atoms with Gasteiger partial charge in [-0.05, 0) is 18.3 Å². The van der Waals surface area contributed by atoms with Gasteiger partial charge in [0.15, 0.2) is 0 Å². The van der Waals surface area contributed by atoms with Crippen LogP contribution in [0.3, 0.4) is 0 Å². The Kier molecular flexibility index (Phi) is 5.36. The van der Waals surface area contributed by atoms with E-state index in [1.807, 2.05) is 6.92 Å². The third-order valence-corrected chi connectivity index (χ3v) is 5.05. The van der Waals surface area contributed by atoms with E-state index < -0.39 is 10.0 Å².